The number of aliphatic hydroxyl groups is 1. The Balaban J connectivity index is 2.33. The summed E-state index contributed by atoms with van der Waals surface area (Å²) in [5, 5.41) is 15.8. The van der Waals surface area contributed by atoms with Crippen molar-refractivity contribution in [1.29, 1.82) is 0 Å². The fraction of sp³-hybridized carbons (Fsp3) is 0.294. The molecular weight excluding hydrogens is 633 g/mol. The molecule has 0 saturated heterocycles. The van der Waals surface area contributed by atoms with E-state index in [2.05, 4.69) is 23.8 Å². The van der Waals surface area contributed by atoms with Gasteiger partial charge in [-0.1, -0.05) is 42.5 Å². The summed E-state index contributed by atoms with van der Waals surface area (Å²) in [6, 6.07) is 7.40. The highest BCUT2D eigenvalue weighted by atomic mass is 19.1. The van der Waals surface area contributed by atoms with Gasteiger partial charge in [0.15, 0.2) is 11.4 Å². The second-order valence-electron chi connectivity index (χ2n) is 11.5. The van der Waals surface area contributed by atoms with Crippen molar-refractivity contribution in [2.45, 2.75) is 58.5 Å². The molecule has 3 N–H and O–H groups in total. The lowest BCUT2D eigenvalue weighted by Gasteiger charge is -2.34. The summed E-state index contributed by atoms with van der Waals surface area (Å²) in [7, 11) is 0. The number of nitrogens with zero attached hydrogens (tertiary/aromatic N) is 2. The summed E-state index contributed by atoms with van der Waals surface area (Å²) in [5.41, 5.74) is -3.64. The van der Waals surface area contributed by atoms with Gasteiger partial charge in [-0.05, 0) is 33.3 Å². The first-order valence-corrected chi connectivity index (χ1v) is 14.7. The SMILES string of the molecule is C=C[C@H](C)NC(=O)c1c(OCc2ccccc2)c(=O)c(C(=O)NCc2c(F)cc(F)cc2F)cn1N(C(=O)OC(C)(C)C)[C@@H](C=C)CO. The van der Waals surface area contributed by atoms with E-state index in [0.29, 0.717) is 17.7 Å². The molecule has 0 spiro atoms. The van der Waals surface area contributed by atoms with Crippen LogP contribution in [0.1, 0.15) is 59.7 Å². The number of carbonyl (C=O) groups excluding carboxylic acids is 3. The van der Waals surface area contributed by atoms with Crippen molar-refractivity contribution in [1.82, 2.24) is 15.3 Å². The molecule has 2 aromatic carbocycles. The third kappa shape index (κ3) is 9.12. The summed E-state index contributed by atoms with van der Waals surface area (Å²) in [4.78, 5) is 55.0. The molecule has 0 aliphatic carbocycles. The van der Waals surface area contributed by atoms with Crippen LogP contribution in [0.25, 0.3) is 0 Å². The van der Waals surface area contributed by atoms with E-state index in [-0.39, 0.29) is 6.61 Å². The second-order valence-corrected chi connectivity index (χ2v) is 11.5. The maximum Gasteiger partial charge on any atom is 0.430 e. The van der Waals surface area contributed by atoms with E-state index in [1.807, 2.05) is 0 Å². The van der Waals surface area contributed by atoms with Gasteiger partial charge in [0.2, 0.25) is 5.43 Å². The topological polar surface area (TPSA) is 139 Å². The number of aliphatic hydroxyl groups excluding tert-OH is 1. The molecule has 3 aromatic rings. The molecule has 0 fully saturated rings. The Kier molecular flexibility index (Phi) is 12.3. The molecule has 256 valence electrons. The van der Waals surface area contributed by atoms with Gasteiger partial charge in [-0.3, -0.25) is 14.4 Å². The molecule has 1 aromatic heterocycles. The van der Waals surface area contributed by atoms with Crippen LogP contribution in [0.15, 0.2) is 78.8 Å². The Labute approximate surface area is 275 Å². The summed E-state index contributed by atoms with van der Waals surface area (Å²) >= 11 is 0. The molecule has 0 aliphatic heterocycles. The van der Waals surface area contributed by atoms with Crippen LogP contribution < -0.4 is 25.8 Å². The van der Waals surface area contributed by atoms with Crippen LogP contribution >= 0.6 is 0 Å². The van der Waals surface area contributed by atoms with Crippen LogP contribution in [0, 0.1) is 17.5 Å². The lowest BCUT2D eigenvalue weighted by atomic mass is 10.1. The van der Waals surface area contributed by atoms with Gasteiger partial charge in [0.05, 0.1) is 12.6 Å². The molecule has 3 rings (SSSR count). The number of halogens is 3. The maximum absolute atomic E-state index is 14.3. The number of carbonyl (C=O) groups is 3. The van der Waals surface area contributed by atoms with Gasteiger partial charge in [-0.15, -0.1) is 13.2 Å². The summed E-state index contributed by atoms with van der Waals surface area (Å²) in [6.45, 7) is 11.7. The Hall–Kier alpha value is -5.37. The van der Waals surface area contributed by atoms with E-state index in [1.165, 1.54) is 12.2 Å². The van der Waals surface area contributed by atoms with Crippen molar-refractivity contribution in [2.75, 3.05) is 11.6 Å². The van der Waals surface area contributed by atoms with E-state index in [1.54, 1.807) is 58.0 Å². The summed E-state index contributed by atoms with van der Waals surface area (Å²) in [6.07, 6.45) is 2.27. The second kappa shape index (κ2) is 16.0. The van der Waals surface area contributed by atoms with Crippen molar-refractivity contribution in [3.05, 3.63) is 124 Å². The van der Waals surface area contributed by atoms with Crippen LogP contribution in [-0.2, 0) is 17.9 Å². The molecule has 0 saturated carbocycles. The number of aromatic nitrogens is 1. The highest BCUT2D eigenvalue weighted by Crippen LogP contribution is 2.22. The van der Waals surface area contributed by atoms with Gasteiger partial charge in [0.1, 0.15) is 35.2 Å². The smallest absolute Gasteiger partial charge is 0.430 e. The zero-order valence-electron chi connectivity index (χ0n) is 26.9. The number of pyridine rings is 1. The molecule has 0 bridgehead atoms. The standard InChI is InChI=1S/C34H37F3N4O7/c1-7-20(3)39-32(45)28-30(47-19-21-12-10-9-11-13-21)29(43)25(31(44)38-16-24-26(36)14-22(35)15-27(24)37)17-40(28)41(23(8-2)18-42)33(46)48-34(4,5)6/h7-15,17,20,23,42H,1-2,16,18-19H2,3-6H3,(H,38,44)(H,39,45)/t20-,23-/m0/s1. The number of rotatable bonds is 13. The van der Waals surface area contributed by atoms with Crippen molar-refractivity contribution < 1.29 is 42.1 Å². The van der Waals surface area contributed by atoms with Crippen LogP contribution in [0.5, 0.6) is 5.75 Å². The monoisotopic (exact) mass is 670 g/mol. The third-order valence-corrected chi connectivity index (χ3v) is 6.66. The predicted molar refractivity (Wildman–Crippen MR) is 172 cm³/mol. The van der Waals surface area contributed by atoms with E-state index >= 15 is 0 Å². The molecule has 14 heteroatoms. The van der Waals surface area contributed by atoms with E-state index < -0.39 is 94.2 Å². The summed E-state index contributed by atoms with van der Waals surface area (Å²) in [5.74, 6) is -6.57. The van der Waals surface area contributed by atoms with Gasteiger partial charge in [0, 0.05) is 36.5 Å². The van der Waals surface area contributed by atoms with Crippen LogP contribution in [0.2, 0.25) is 0 Å². The molecule has 2 atom stereocenters. The highest BCUT2D eigenvalue weighted by Gasteiger charge is 2.35. The minimum atomic E-state index is -1.29. The molecule has 48 heavy (non-hydrogen) atoms. The van der Waals surface area contributed by atoms with Crippen molar-refractivity contribution in [2.24, 2.45) is 0 Å². The third-order valence-electron chi connectivity index (χ3n) is 6.66. The predicted octanol–water partition coefficient (Wildman–Crippen LogP) is 4.50. The van der Waals surface area contributed by atoms with Gasteiger partial charge < -0.3 is 25.2 Å². The first kappa shape index (κ1) is 37.1. The molecule has 0 unspecified atom stereocenters. The normalized spacial score (nSPS) is 12.3. The fourth-order valence-corrected chi connectivity index (χ4v) is 4.26. The molecular formula is C34H37F3N4O7. The van der Waals surface area contributed by atoms with Crippen LogP contribution in [-0.4, -0.2) is 52.0 Å². The first-order valence-electron chi connectivity index (χ1n) is 14.7. The van der Waals surface area contributed by atoms with Crippen molar-refractivity contribution in [3.63, 3.8) is 0 Å². The lowest BCUT2D eigenvalue weighted by Crippen LogP contribution is -2.53. The van der Waals surface area contributed by atoms with Gasteiger partial charge >= 0.3 is 6.09 Å². The molecule has 0 aliphatic rings. The quantitative estimate of drug-likeness (QED) is 0.228. The van der Waals surface area contributed by atoms with Gasteiger partial charge in [0.25, 0.3) is 11.8 Å². The molecule has 11 nitrogen and oxygen atoms in total. The van der Waals surface area contributed by atoms with E-state index in [9.17, 15) is 37.5 Å². The number of hydrogen-bond acceptors (Lipinski definition) is 7. The number of benzene rings is 2. The number of nitrogens with one attached hydrogen (secondary N) is 2. The molecule has 1 heterocycles. The number of amides is 3. The lowest BCUT2D eigenvalue weighted by molar-refractivity contribution is 0.0507. The first-order chi connectivity index (χ1) is 22.6. The molecule has 3 amide bonds. The van der Waals surface area contributed by atoms with Crippen LogP contribution in [0.4, 0.5) is 18.0 Å². The zero-order chi connectivity index (χ0) is 35.8. The zero-order valence-corrected chi connectivity index (χ0v) is 26.9. The van der Waals surface area contributed by atoms with Crippen molar-refractivity contribution >= 4 is 17.9 Å². The highest BCUT2D eigenvalue weighted by molar-refractivity contribution is 5.99. The number of hydrogen-bond donors (Lipinski definition) is 3. The van der Waals surface area contributed by atoms with E-state index in [4.69, 9.17) is 9.47 Å². The minimum Gasteiger partial charge on any atom is -0.482 e. The van der Waals surface area contributed by atoms with Gasteiger partial charge in [-0.2, -0.15) is 0 Å². The Morgan fingerprint density at radius 2 is 1.67 bits per heavy atom. The average molecular weight is 671 g/mol. The average Bonchev–Trinajstić information content (AvgIpc) is 3.01. The van der Waals surface area contributed by atoms with Crippen molar-refractivity contribution in [3.8, 4) is 5.75 Å². The Bertz CT molecular complexity index is 1720. The van der Waals surface area contributed by atoms with Gasteiger partial charge in [-0.25, -0.2) is 27.7 Å². The van der Waals surface area contributed by atoms with E-state index in [0.717, 1.165) is 15.9 Å². The fourth-order valence-electron chi connectivity index (χ4n) is 4.26. The Morgan fingerprint density at radius 1 is 1.04 bits per heavy atom. The molecule has 0 radical (unpaired) electrons. The number of ether oxygens (including phenoxy) is 2. The van der Waals surface area contributed by atoms with Crippen LogP contribution in [0.3, 0.4) is 0 Å². The summed E-state index contributed by atoms with van der Waals surface area (Å²) < 4.78 is 54.4. The largest absolute Gasteiger partial charge is 0.482 e. The minimum absolute atomic E-state index is 0.276. The maximum atomic E-state index is 14.3. The Morgan fingerprint density at radius 3 is 2.21 bits per heavy atom.